The zero-order valence-electron chi connectivity index (χ0n) is 11.0. The number of alkyl halides is 1. The van der Waals surface area contributed by atoms with Crippen molar-refractivity contribution in [1.82, 2.24) is 4.31 Å². The molecule has 1 saturated heterocycles. The van der Waals surface area contributed by atoms with E-state index in [0.29, 0.717) is 17.3 Å². The second-order valence-electron chi connectivity index (χ2n) is 4.94. The number of hydrogen-bond acceptors (Lipinski definition) is 2. The van der Waals surface area contributed by atoms with E-state index in [9.17, 15) is 8.42 Å². The molecule has 1 aliphatic heterocycles. The van der Waals surface area contributed by atoms with Gasteiger partial charge in [-0.25, -0.2) is 8.42 Å². The Labute approximate surface area is 128 Å². The van der Waals surface area contributed by atoms with Crippen LogP contribution >= 0.6 is 27.5 Å². The molecule has 1 fully saturated rings. The summed E-state index contributed by atoms with van der Waals surface area (Å²) in [5.74, 6) is 0.303. The highest BCUT2D eigenvalue weighted by Gasteiger charge is 2.34. The molecule has 1 atom stereocenters. The first-order valence-corrected chi connectivity index (χ1v) is 9.01. The summed E-state index contributed by atoms with van der Waals surface area (Å²) in [5, 5.41) is 0. The van der Waals surface area contributed by atoms with Crippen LogP contribution in [0.5, 0.6) is 0 Å². The normalized spacial score (nSPS) is 20.9. The lowest BCUT2D eigenvalue weighted by Gasteiger charge is -2.22. The van der Waals surface area contributed by atoms with Gasteiger partial charge in [-0.15, -0.1) is 11.6 Å². The van der Waals surface area contributed by atoms with E-state index in [-0.39, 0.29) is 6.04 Å². The molecule has 6 heteroatoms. The van der Waals surface area contributed by atoms with Crippen LogP contribution in [0.3, 0.4) is 0 Å². The van der Waals surface area contributed by atoms with Gasteiger partial charge in [-0.2, -0.15) is 4.31 Å². The van der Waals surface area contributed by atoms with Crippen LogP contribution in [0.15, 0.2) is 21.5 Å². The van der Waals surface area contributed by atoms with Gasteiger partial charge in [0.05, 0.1) is 4.90 Å². The first kappa shape index (κ1) is 15.3. The Balaban J connectivity index is 2.54. The standard InChI is InChI=1S/C13H17BrClNO2S/c1-9-4-3-5-16(9)19(17,18)13-7-11(8-15)6-12(14)10(13)2/h6-7,9H,3-5,8H2,1-2H3. The first-order valence-electron chi connectivity index (χ1n) is 6.24. The highest BCUT2D eigenvalue weighted by atomic mass is 79.9. The Hall–Kier alpha value is -0.100. The number of halogens is 2. The van der Waals surface area contributed by atoms with Crippen molar-refractivity contribution in [2.45, 2.75) is 43.5 Å². The zero-order chi connectivity index (χ0) is 14.2. The molecule has 1 aromatic carbocycles. The number of rotatable bonds is 3. The van der Waals surface area contributed by atoms with E-state index in [1.54, 1.807) is 10.4 Å². The van der Waals surface area contributed by atoms with Crippen LogP contribution in [0.25, 0.3) is 0 Å². The van der Waals surface area contributed by atoms with Gasteiger partial charge in [0.15, 0.2) is 0 Å². The lowest BCUT2D eigenvalue weighted by atomic mass is 10.2. The van der Waals surface area contributed by atoms with E-state index in [4.69, 9.17) is 11.6 Å². The predicted molar refractivity (Wildman–Crippen MR) is 81.0 cm³/mol. The molecule has 2 rings (SSSR count). The monoisotopic (exact) mass is 365 g/mol. The van der Waals surface area contributed by atoms with Crippen molar-refractivity contribution in [3.8, 4) is 0 Å². The minimum absolute atomic E-state index is 0.0721. The number of benzene rings is 1. The average molecular weight is 367 g/mol. The summed E-state index contributed by atoms with van der Waals surface area (Å²) < 4.78 is 27.9. The number of sulfonamides is 1. The Kier molecular flexibility index (Phi) is 4.60. The summed E-state index contributed by atoms with van der Waals surface area (Å²) in [6.45, 7) is 4.38. The van der Waals surface area contributed by atoms with Crippen molar-refractivity contribution in [3.63, 3.8) is 0 Å². The smallest absolute Gasteiger partial charge is 0.207 e. The molecule has 0 aromatic heterocycles. The molecule has 3 nitrogen and oxygen atoms in total. The van der Waals surface area contributed by atoms with Crippen molar-refractivity contribution in [2.24, 2.45) is 0 Å². The molecule has 0 bridgehead atoms. The molecule has 1 aliphatic rings. The fourth-order valence-corrected chi connectivity index (χ4v) is 5.23. The van der Waals surface area contributed by atoms with E-state index in [1.807, 2.05) is 19.9 Å². The maximum Gasteiger partial charge on any atom is 0.243 e. The van der Waals surface area contributed by atoms with Crippen LogP contribution in [0.1, 0.15) is 30.9 Å². The molecule has 1 aromatic rings. The molecular formula is C13H17BrClNO2S. The molecule has 0 N–H and O–H groups in total. The third-order valence-corrected chi connectivity index (χ3v) is 6.86. The fraction of sp³-hybridized carbons (Fsp3) is 0.538. The number of hydrogen-bond donors (Lipinski definition) is 0. The quantitative estimate of drug-likeness (QED) is 0.765. The highest BCUT2D eigenvalue weighted by molar-refractivity contribution is 9.10. The van der Waals surface area contributed by atoms with Gasteiger partial charge in [0.25, 0.3) is 0 Å². The topological polar surface area (TPSA) is 37.4 Å². The van der Waals surface area contributed by atoms with Crippen molar-refractivity contribution in [2.75, 3.05) is 6.54 Å². The Morgan fingerprint density at radius 3 is 2.68 bits per heavy atom. The second kappa shape index (κ2) is 5.72. The summed E-state index contributed by atoms with van der Waals surface area (Å²) in [6.07, 6.45) is 1.85. The van der Waals surface area contributed by atoms with Gasteiger partial charge in [0.2, 0.25) is 10.0 Å². The predicted octanol–water partition coefficient (Wildman–Crippen LogP) is 3.67. The van der Waals surface area contributed by atoms with Crippen molar-refractivity contribution in [3.05, 3.63) is 27.7 Å². The van der Waals surface area contributed by atoms with E-state index in [1.165, 1.54) is 0 Å². The highest BCUT2D eigenvalue weighted by Crippen LogP contribution is 2.32. The molecule has 19 heavy (non-hydrogen) atoms. The summed E-state index contributed by atoms with van der Waals surface area (Å²) in [5.41, 5.74) is 1.55. The van der Waals surface area contributed by atoms with Crippen LogP contribution < -0.4 is 0 Å². The average Bonchev–Trinajstić information content (AvgIpc) is 2.79. The van der Waals surface area contributed by atoms with Gasteiger partial charge in [0.1, 0.15) is 0 Å². The zero-order valence-corrected chi connectivity index (χ0v) is 14.1. The van der Waals surface area contributed by atoms with E-state index >= 15 is 0 Å². The van der Waals surface area contributed by atoms with Crippen LogP contribution in [-0.4, -0.2) is 25.3 Å². The minimum Gasteiger partial charge on any atom is -0.207 e. The van der Waals surface area contributed by atoms with Gasteiger partial charge in [0, 0.05) is 22.9 Å². The van der Waals surface area contributed by atoms with Crippen LogP contribution in [-0.2, 0) is 15.9 Å². The first-order chi connectivity index (χ1) is 8.87. The van der Waals surface area contributed by atoms with Crippen LogP contribution in [0, 0.1) is 6.92 Å². The van der Waals surface area contributed by atoms with Crippen LogP contribution in [0.4, 0.5) is 0 Å². The van der Waals surface area contributed by atoms with Gasteiger partial charge < -0.3 is 0 Å². The van der Waals surface area contributed by atoms with Crippen molar-refractivity contribution in [1.29, 1.82) is 0 Å². The fourth-order valence-electron chi connectivity index (χ4n) is 2.44. The molecule has 0 amide bonds. The third kappa shape index (κ3) is 2.84. The SMILES string of the molecule is Cc1c(Br)cc(CCl)cc1S(=O)(=O)N1CCCC1C. The molecule has 1 heterocycles. The molecule has 106 valence electrons. The summed E-state index contributed by atoms with van der Waals surface area (Å²) in [4.78, 5) is 0.367. The van der Waals surface area contributed by atoms with E-state index in [0.717, 1.165) is 28.4 Å². The van der Waals surface area contributed by atoms with Crippen molar-refractivity contribution < 1.29 is 8.42 Å². The molecule has 1 unspecified atom stereocenters. The number of nitrogens with zero attached hydrogens (tertiary/aromatic N) is 1. The lowest BCUT2D eigenvalue weighted by Crippen LogP contribution is -2.34. The molecule has 0 aliphatic carbocycles. The molecule has 0 saturated carbocycles. The van der Waals surface area contributed by atoms with Gasteiger partial charge in [-0.3, -0.25) is 0 Å². The lowest BCUT2D eigenvalue weighted by molar-refractivity contribution is 0.408. The van der Waals surface area contributed by atoms with Crippen molar-refractivity contribution >= 4 is 37.6 Å². The molecule has 0 spiro atoms. The Morgan fingerprint density at radius 1 is 1.47 bits per heavy atom. The summed E-state index contributed by atoms with van der Waals surface area (Å²) in [6, 6.07) is 3.63. The summed E-state index contributed by atoms with van der Waals surface area (Å²) >= 11 is 9.24. The Morgan fingerprint density at radius 2 is 2.16 bits per heavy atom. The van der Waals surface area contributed by atoms with Gasteiger partial charge in [-0.1, -0.05) is 15.9 Å². The van der Waals surface area contributed by atoms with Gasteiger partial charge in [-0.05, 0) is 49.9 Å². The van der Waals surface area contributed by atoms with E-state index < -0.39 is 10.0 Å². The Bertz CT molecular complexity index is 589. The third-order valence-electron chi connectivity index (χ3n) is 3.59. The van der Waals surface area contributed by atoms with Crippen LogP contribution in [0.2, 0.25) is 0 Å². The maximum atomic E-state index is 12.7. The maximum absolute atomic E-state index is 12.7. The van der Waals surface area contributed by atoms with Gasteiger partial charge >= 0.3 is 0 Å². The molecule has 0 radical (unpaired) electrons. The second-order valence-corrected chi connectivity index (χ2v) is 7.92. The minimum atomic E-state index is -3.43. The molecular weight excluding hydrogens is 350 g/mol. The van der Waals surface area contributed by atoms with E-state index in [2.05, 4.69) is 15.9 Å². The summed E-state index contributed by atoms with van der Waals surface area (Å²) in [7, 11) is -3.43. The largest absolute Gasteiger partial charge is 0.243 e.